The number of anilines is 1. The highest BCUT2D eigenvalue weighted by atomic mass is 16.6. The van der Waals surface area contributed by atoms with E-state index in [0.717, 1.165) is 31.7 Å². The number of benzene rings is 1. The summed E-state index contributed by atoms with van der Waals surface area (Å²) in [4.78, 5) is 21.1. The minimum atomic E-state index is -0.405. The van der Waals surface area contributed by atoms with Crippen LogP contribution in [0.1, 0.15) is 12.8 Å². The van der Waals surface area contributed by atoms with Gasteiger partial charge < -0.3 is 10.6 Å². The fourth-order valence-corrected chi connectivity index (χ4v) is 2.60. The molecular formula is C13H15N5O2. The highest BCUT2D eigenvalue weighted by molar-refractivity contribution is 5.91. The third-order valence-electron chi connectivity index (χ3n) is 3.57. The van der Waals surface area contributed by atoms with Crippen molar-refractivity contribution < 1.29 is 4.92 Å². The van der Waals surface area contributed by atoms with E-state index < -0.39 is 4.92 Å². The van der Waals surface area contributed by atoms with Gasteiger partial charge in [0.2, 0.25) is 0 Å². The maximum Gasteiger partial charge on any atom is 0.270 e. The fourth-order valence-electron chi connectivity index (χ4n) is 2.60. The molecular weight excluding hydrogens is 258 g/mol. The number of hydrogen-bond acceptors (Lipinski definition) is 6. The summed E-state index contributed by atoms with van der Waals surface area (Å²) in [7, 11) is 0. The summed E-state index contributed by atoms with van der Waals surface area (Å²) in [6.07, 6.45) is 3.49. The number of piperidine rings is 1. The van der Waals surface area contributed by atoms with Crippen molar-refractivity contribution in [1.29, 1.82) is 0 Å². The number of nitrogens with zero attached hydrogens (tertiary/aromatic N) is 4. The van der Waals surface area contributed by atoms with E-state index in [9.17, 15) is 10.1 Å². The predicted octanol–water partition coefficient (Wildman–Crippen LogP) is 1.47. The van der Waals surface area contributed by atoms with E-state index in [2.05, 4.69) is 14.9 Å². The Bertz CT molecular complexity index is 660. The number of non-ortho nitro benzene ring substituents is 1. The number of fused-ring (bicyclic) bond motifs is 1. The van der Waals surface area contributed by atoms with Crippen molar-refractivity contribution in [2.75, 3.05) is 18.0 Å². The first-order valence-electron chi connectivity index (χ1n) is 6.55. The minimum Gasteiger partial charge on any atom is -0.354 e. The molecule has 1 saturated heterocycles. The Morgan fingerprint density at radius 2 is 2.25 bits per heavy atom. The predicted molar refractivity (Wildman–Crippen MR) is 75.6 cm³/mol. The number of nitrogens with two attached hydrogens (primary N) is 1. The minimum absolute atomic E-state index is 0.0508. The Kier molecular flexibility index (Phi) is 3.19. The van der Waals surface area contributed by atoms with Gasteiger partial charge in [0.1, 0.15) is 12.1 Å². The number of hydrogen-bond donors (Lipinski definition) is 1. The molecule has 1 fully saturated rings. The molecule has 7 nitrogen and oxygen atoms in total. The lowest BCUT2D eigenvalue weighted by molar-refractivity contribution is -0.384. The SMILES string of the molecule is NC1CCCN(c2ncnc3ccc([N+](=O)[O-])cc23)C1. The lowest BCUT2D eigenvalue weighted by Crippen LogP contribution is -2.43. The van der Waals surface area contributed by atoms with E-state index in [1.165, 1.54) is 18.5 Å². The van der Waals surface area contributed by atoms with Crippen LogP contribution in [-0.4, -0.2) is 34.0 Å². The molecule has 20 heavy (non-hydrogen) atoms. The van der Waals surface area contributed by atoms with E-state index in [-0.39, 0.29) is 11.7 Å². The lowest BCUT2D eigenvalue weighted by atomic mass is 10.1. The molecule has 1 aliphatic rings. The van der Waals surface area contributed by atoms with Crippen molar-refractivity contribution >= 4 is 22.4 Å². The van der Waals surface area contributed by atoms with Crippen LogP contribution in [0.25, 0.3) is 10.9 Å². The molecule has 1 unspecified atom stereocenters. The molecule has 0 amide bonds. The molecule has 3 rings (SSSR count). The van der Waals surface area contributed by atoms with Gasteiger partial charge in [-0.15, -0.1) is 0 Å². The first-order chi connectivity index (χ1) is 9.65. The number of nitro benzene ring substituents is 1. The van der Waals surface area contributed by atoms with E-state index in [1.54, 1.807) is 6.07 Å². The van der Waals surface area contributed by atoms with Crippen LogP contribution in [0.15, 0.2) is 24.5 Å². The maximum absolute atomic E-state index is 10.9. The molecule has 0 saturated carbocycles. The van der Waals surface area contributed by atoms with Crippen LogP contribution < -0.4 is 10.6 Å². The number of aromatic nitrogens is 2. The Balaban J connectivity index is 2.09. The molecule has 2 aromatic rings. The maximum atomic E-state index is 10.9. The molecule has 0 aliphatic carbocycles. The molecule has 1 aromatic carbocycles. The topological polar surface area (TPSA) is 98.2 Å². The van der Waals surface area contributed by atoms with E-state index in [4.69, 9.17) is 5.73 Å². The average Bonchev–Trinajstić information content (AvgIpc) is 2.46. The Morgan fingerprint density at radius 3 is 3.00 bits per heavy atom. The molecule has 0 bridgehead atoms. The van der Waals surface area contributed by atoms with Crippen LogP contribution >= 0.6 is 0 Å². The van der Waals surface area contributed by atoms with Gasteiger partial charge in [0.05, 0.1) is 10.4 Å². The summed E-state index contributed by atoms with van der Waals surface area (Å²) in [6, 6.07) is 4.77. The standard InChI is InChI=1S/C13H15N5O2/c14-9-2-1-5-17(7-9)13-11-6-10(18(19)20)3-4-12(11)15-8-16-13/h3-4,6,8-9H,1-2,5,7,14H2. The molecule has 104 valence electrons. The van der Waals surface area contributed by atoms with Crippen molar-refractivity contribution in [3.63, 3.8) is 0 Å². The highest BCUT2D eigenvalue weighted by Crippen LogP contribution is 2.28. The molecule has 1 aliphatic heterocycles. The molecule has 2 N–H and O–H groups in total. The summed E-state index contributed by atoms with van der Waals surface area (Å²) in [5, 5.41) is 11.6. The van der Waals surface area contributed by atoms with Gasteiger partial charge in [-0.25, -0.2) is 9.97 Å². The zero-order valence-corrected chi connectivity index (χ0v) is 10.9. The van der Waals surface area contributed by atoms with Gasteiger partial charge in [-0.1, -0.05) is 0 Å². The van der Waals surface area contributed by atoms with Crippen LogP contribution in [0, 0.1) is 10.1 Å². The smallest absolute Gasteiger partial charge is 0.270 e. The van der Waals surface area contributed by atoms with E-state index in [0.29, 0.717) is 10.9 Å². The Morgan fingerprint density at radius 1 is 1.40 bits per heavy atom. The summed E-state index contributed by atoms with van der Waals surface area (Å²) in [6.45, 7) is 1.58. The quantitative estimate of drug-likeness (QED) is 0.657. The van der Waals surface area contributed by atoms with Crippen LogP contribution in [0.4, 0.5) is 11.5 Å². The number of rotatable bonds is 2. The molecule has 0 radical (unpaired) electrons. The van der Waals surface area contributed by atoms with Gasteiger partial charge in [-0.3, -0.25) is 10.1 Å². The van der Waals surface area contributed by atoms with Crippen LogP contribution in [0.5, 0.6) is 0 Å². The van der Waals surface area contributed by atoms with Gasteiger partial charge in [0.15, 0.2) is 0 Å². The van der Waals surface area contributed by atoms with Crippen molar-refractivity contribution in [1.82, 2.24) is 9.97 Å². The van der Waals surface area contributed by atoms with Gasteiger partial charge >= 0.3 is 0 Å². The second-order valence-electron chi connectivity index (χ2n) is 5.00. The Labute approximate surface area is 115 Å². The molecule has 0 spiro atoms. The van der Waals surface area contributed by atoms with Crippen LogP contribution in [-0.2, 0) is 0 Å². The van der Waals surface area contributed by atoms with Crippen LogP contribution in [0.3, 0.4) is 0 Å². The first-order valence-corrected chi connectivity index (χ1v) is 6.55. The highest BCUT2D eigenvalue weighted by Gasteiger charge is 2.21. The zero-order chi connectivity index (χ0) is 14.1. The molecule has 1 atom stereocenters. The van der Waals surface area contributed by atoms with Crippen molar-refractivity contribution in [3.05, 3.63) is 34.6 Å². The molecule has 7 heteroatoms. The summed E-state index contributed by atoms with van der Waals surface area (Å²) < 4.78 is 0. The fraction of sp³-hybridized carbons (Fsp3) is 0.385. The Hall–Kier alpha value is -2.28. The van der Waals surface area contributed by atoms with E-state index >= 15 is 0 Å². The second-order valence-corrected chi connectivity index (χ2v) is 5.00. The van der Waals surface area contributed by atoms with Crippen molar-refractivity contribution in [2.24, 2.45) is 5.73 Å². The number of nitro groups is 1. The normalized spacial score (nSPS) is 19.2. The third kappa shape index (κ3) is 2.27. The van der Waals surface area contributed by atoms with E-state index in [1.807, 2.05) is 0 Å². The van der Waals surface area contributed by atoms with Gasteiger partial charge in [-0.2, -0.15) is 0 Å². The third-order valence-corrected chi connectivity index (χ3v) is 3.57. The zero-order valence-electron chi connectivity index (χ0n) is 10.9. The summed E-state index contributed by atoms with van der Waals surface area (Å²) in [5.74, 6) is 0.730. The average molecular weight is 273 g/mol. The van der Waals surface area contributed by atoms with Gasteiger partial charge in [0.25, 0.3) is 5.69 Å². The molecule has 2 heterocycles. The van der Waals surface area contributed by atoms with Crippen LogP contribution in [0.2, 0.25) is 0 Å². The summed E-state index contributed by atoms with van der Waals surface area (Å²) in [5.41, 5.74) is 6.75. The van der Waals surface area contributed by atoms with Crippen molar-refractivity contribution in [2.45, 2.75) is 18.9 Å². The largest absolute Gasteiger partial charge is 0.354 e. The van der Waals surface area contributed by atoms with Crippen molar-refractivity contribution in [3.8, 4) is 0 Å². The van der Waals surface area contributed by atoms with Gasteiger partial charge in [0, 0.05) is 36.7 Å². The monoisotopic (exact) mass is 273 g/mol. The summed E-state index contributed by atoms with van der Waals surface area (Å²) >= 11 is 0. The van der Waals surface area contributed by atoms with Gasteiger partial charge in [-0.05, 0) is 18.9 Å². The lowest BCUT2D eigenvalue weighted by Gasteiger charge is -2.32. The second kappa shape index (κ2) is 5.01. The molecule has 1 aromatic heterocycles. The first kappa shape index (κ1) is 12.7.